The Bertz CT molecular complexity index is 1430. The van der Waals surface area contributed by atoms with Crippen molar-refractivity contribution in [2.24, 2.45) is 12.1 Å². The number of amides is 1. The van der Waals surface area contributed by atoms with Gasteiger partial charge < -0.3 is 4.57 Å². The molecule has 0 saturated heterocycles. The van der Waals surface area contributed by atoms with Gasteiger partial charge in [0.1, 0.15) is 0 Å². The number of fused-ring (bicyclic) bond motifs is 1. The zero-order chi connectivity index (χ0) is 22.4. The van der Waals surface area contributed by atoms with Crippen LogP contribution in [0.4, 0.5) is 0 Å². The van der Waals surface area contributed by atoms with Crippen molar-refractivity contribution < 1.29 is 4.79 Å². The third kappa shape index (κ3) is 3.36. The summed E-state index contributed by atoms with van der Waals surface area (Å²) in [6.45, 7) is 1.50. The number of pyridine rings is 1. The number of thiophene rings is 1. The van der Waals surface area contributed by atoms with E-state index in [4.69, 9.17) is 11.6 Å². The third-order valence-corrected chi connectivity index (χ3v) is 6.81. The molecule has 1 atom stereocenters. The van der Waals surface area contributed by atoms with Crippen LogP contribution in [0.5, 0.6) is 0 Å². The molecule has 5 nitrogen and oxygen atoms in total. The molecule has 3 heterocycles. The van der Waals surface area contributed by atoms with Crippen molar-refractivity contribution in [1.82, 2.24) is 9.58 Å². The standard InChI is InChI=1S/C25H20ClN3O2S/c1-15(30)29-22(17-10-11-32-14-17)13-20(27-29)24-23(16-6-4-3-5-7-16)19-12-18(26)8-9-21(19)28(2)25(24)31/h3-12,14,22H,13H2,1-2H3/t22-/m0/s1. The van der Waals surface area contributed by atoms with Crippen molar-refractivity contribution >= 4 is 45.5 Å². The number of carbonyl (C=O) groups excluding carboxylic acids is 1. The molecule has 0 bridgehead atoms. The second kappa shape index (κ2) is 8.04. The van der Waals surface area contributed by atoms with Gasteiger partial charge in [0, 0.05) is 36.4 Å². The SMILES string of the molecule is CC(=O)N1N=C(c2c(-c3ccccc3)c3cc(Cl)ccc3n(C)c2=O)C[C@H]1c1ccsc1. The van der Waals surface area contributed by atoms with Crippen LogP contribution < -0.4 is 5.56 Å². The summed E-state index contributed by atoms with van der Waals surface area (Å²) >= 11 is 7.95. The Morgan fingerprint density at radius 2 is 1.91 bits per heavy atom. The Labute approximate surface area is 194 Å². The van der Waals surface area contributed by atoms with E-state index >= 15 is 0 Å². The van der Waals surface area contributed by atoms with Crippen molar-refractivity contribution in [3.8, 4) is 11.1 Å². The van der Waals surface area contributed by atoms with Gasteiger partial charge in [-0.3, -0.25) is 9.59 Å². The summed E-state index contributed by atoms with van der Waals surface area (Å²) in [7, 11) is 1.76. The van der Waals surface area contributed by atoms with Crippen LogP contribution in [-0.4, -0.2) is 21.2 Å². The number of hydrogen-bond acceptors (Lipinski definition) is 4. The number of benzene rings is 2. The molecule has 0 fully saturated rings. The summed E-state index contributed by atoms with van der Waals surface area (Å²) in [6, 6.07) is 17.1. The molecule has 2 aromatic carbocycles. The van der Waals surface area contributed by atoms with E-state index in [0.717, 1.165) is 27.6 Å². The Morgan fingerprint density at radius 1 is 1.12 bits per heavy atom. The van der Waals surface area contributed by atoms with Gasteiger partial charge in [-0.1, -0.05) is 41.9 Å². The quantitative estimate of drug-likeness (QED) is 0.397. The smallest absolute Gasteiger partial charge is 0.260 e. The van der Waals surface area contributed by atoms with Gasteiger partial charge in [-0.05, 0) is 46.2 Å². The summed E-state index contributed by atoms with van der Waals surface area (Å²) in [4.78, 5) is 26.1. The van der Waals surface area contributed by atoms with Gasteiger partial charge >= 0.3 is 0 Å². The average Bonchev–Trinajstić information content (AvgIpc) is 3.46. The number of halogens is 1. The maximum absolute atomic E-state index is 13.7. The van der Waals surface area contributed by atoms with Gasteiger partial charge in [0.25, 0.3) is 5.56 Å². The Balaban J connectivity index is 1.81. The largest absolute Gasteiger partial charge is 0.311 e. The van der Waals surface area contributed by atoms with Gasteiger partial charge in [0.15, 0.2) is 0 Å². The molecule has 160 valence electrons. The van der Waals surface area contributed by atoms with Crippen molar-refractivity contribution in [2.75, 3.05) is 0 Å². The molecule has 1 aliphatic heterocycles. The number of hydrazone groups is 1. The number of rotatable bonds is 3. The van der Waals surface area contributed by atoms with Crippen molar-refractivity contribution in [2.45, 2.75) is 19.4 Å². The van der Waals surface area contributed by atoms with Gasteiger partial charge in [-0.25, -0.2) is 5.01 Å². The van der Waals surface area contributed by atoms with Crippen LogP contribution in [-0.2, 0) is 11.8 Å². The predicted molar refractivity (Wildman–Crippen MR) is 130 cm³/mol. The molecule has 1 aliphatic rings. The van der Waals surface area contributed by atoms with E-state index in [1.54, 1.807) is 29.0 Å². The van der Waals surface area contributed by atoms with Crippen LogP contribution >= 0.6 is 22.9 Å². The van der Waals surface area contributed by atoms with E-state index < -0.39 is 0 Å². The lowest BCUT2D eigenvalue weighted by Crippen LogP contribution is -2.26. The first-order chi connectivity index (χ1) is 15.5. The van der Waals surface area contributed by atoms with Crippen LogP contribution in [0.3, 0.4) is 0 Å². The summed E-state index contributed by atoms with van der Waals surface area (Å²) < 4.78 is 1.63. The summed E-state index contributed by atoms with van der Waals surface area (Å²) in [5.41, 5.74) is 4.48. The predicted octanol–water partition coefficient (Wildman–Crippen LogP) is 5.62. The molecular weight excluding hydrogens is 442 g/mol. The fourth-order valence-corrected chi connectivity index (χ4v) is 5.25. The summed E-state index contributed by atoms with van der Waals surface area (Å²) in [5, 5.41) is 11.6. The summed E-state index contributed by atoms with van der Waals surface area (Å²) in [6.07, 6.45) is 0.470. The van der Waals surface area contributed by atoms with Gasteiger partial charge in [0.05, 0.1) is 22.8 Å². The molecule has 5 rings (SSSR count). The molecule has 0 aliphatic carbocycles. The zero-order valence-electron chi connectivity index (χ0n) is 17.6. The second-order valence-electron chi connectivity index (χ2n) is 7.83. The Morgan fingerprint density at radius 3 is 2.59 bits per heavy atom. The Hall–Kier alpha value is -3.22. The van der Waals surface area contributed by atoms with Crippen LogP contribution in [0.1, 0.15) is 30.5 Å². The topological polar surface area (TPSA) is 54.7 Å². The van der Waals surface area contributed by atoms with Gasteiger partial charge in [0.2, 0.25) is 5.91 Å². The lowest BCUT2D eigenvalue weighted by atomic mass is 9.91. The first-order valence-electron chi connectivity index (χ1n) is 10.2. The molecule has 0 saturated carbocycles. The first-order valence-corrected chi connectivity index (χ1v) is 11.5. The third-order valence-electron chi connectivity index (χ3n) is 5.87. The monoisotopic (exact) mass is 461 g/mol. The number of aromatic nitrogens is 1. The number of nitrogens with zero attached hydrogens (tertiary/aromatic N) is 3. The lowest BCUT2D eigenvalue weighted by Gasteiger charge is -2.19. The van der Waals surface area contributed by atoms with Crippen LogP contribution in [0.2, 0.25) is 5.02 Å². The first kappa shape index (κ1) is 20.7. The minimum absolute atomic E-state index is 0.146. The minimum atomic E-state index is -0.225. The molecule has 0 radical (unpaired) electrons. The van der Waals surface area contributed by atoms with Crippen LogP contribution in [0.25, 0.3) is 22.0 Å². The van der Waals surface area contributed by atoms with Crippen molar-refractivity contribution in [3.63, 3.8) is 0 Å². The van der Waals surface area contributed by atoms with Gasteiger partial charge in [-0.15, -0.1) is 0 Å². The zero-order valence-corrected chi connectivity index (χ0v) is 19.2. The van der Waals surface area contributed by atoms with E-state index in [1.807, 2.05) is 59.3 Å². The highest BCUT2D eigenvalue weighted by molar-refractivity contribution is 7.08. The fourth-order valence-electron chi connectivity index (χ4n) is 4.37. The van der Waals surface area contributed by atoms with Gasteiger partial charge in [-0.2, -0.15) is 16.4 Å². The normalized spacial score (nSPS) is 15.9. The molecule has 2 aromatic heterocycles. The fraction of sp³-hybridized carbons (Fsp3) is 0.160. The van der Waals surface area contributed by atoms with Crippen LogP contribution in [0, 0.1) is 0 Å². The molecule has 32 heavy (non-hydrogen) atoms. The second-order valence-corrected chi connectivity index (χ2v) is 9.05. The number of aryl methyl sites for hydroxylation is 1. The molecule has 7 heteroatoms. The van der Waals surface area contributed by atoms with Crippen molar-refractivity contribution in [1.29, 1.82) is 0 Å². The van der Waals surface area contributed by atoms with Crippen molar-refractivity contribution in [3.05, 3.63) is 91.9 Å². The molecular formula is C25H20ClN3O2S. The molecule has 0 spiro atoms. The molecule has 1 amide bonds. The Kier molecular flexibility index (Phi) is 5.19. The molecule has 0 N–H and O–H groups in total. The van der Waals surface area contributed by atoms with Crippen LogP contribution in [0.15, 0.2) is 75.3 Å². The average molecular weight is 462 g/mol. The molecule has 4 aromatic rings. The summed E-state index contributed by atoms with van der Waals surface area (Å²) in [5.74, 6) is -0.155. The highest BCUT2D eigenvalue weighted by Crippen LogP contribution is 2.38. The van der Waals surface area contributed by atoms with E-state index in [2.05, 4.69) is 5.10 Å². The highest BCUT2D eigenvalue weighted by atomic mass is 35.5. The minimum Gasteiger partial charge on any atom is -0.311 e. The van der Waals surface area contributed by atoms with E-state index in [-0.39, 0.29) is 17.5 Å². The number of hydrogen-bond donors (Lipinski definition) is 0. The highest BCUT2D eigenvalue weighted by Gasteiger charge is 2.34. The maximum Gasteiger partial charge on any atom is 0.260 e. The van der Waals surface area contributed by atoms with E-state index in [9.17, 15) is 9.59 Å². The molecule has 0 unspecified atom stereocenters. The van der Waals surface area contributed by atoms with E-state index in [0.29, 0.717) is 22.7 Å². The lowest BCUT2D eigenvalue weighted by molar-refractivity contribution is -0.130. The number of carbonyl (C=O) groups is 1. The maximum atomic E-state index is 13.7. The van der Waals surface area contributed by atoms with E-state index in [1.165, 1.54) is 11.9 Å².